The van der Waals surface area contributed by atoms with Crippen LogP contribution in [0, 0.1) is 0 Å². The van der Waals surface area contributed by atoms with E-state index in [-0.39, 0.29) is 43.0 Å². The minimum atomic E-state index is -0.166. The number of hydrogen-bond donors (Lipinski definition) is 0. The highest BCUT2D eigenvalue weighted by Gasteiger charge is 2.35. The molecule has 2 aromatic carbocycles. The smallest absolute Gasteiger partial charge is 0.246 e. The Hall–Kier alpha value is -3.15. The van der Waals surface area contributed by atoms with Gasteiger partial charge in [-0.1, -0.05) is 36.4 Å². The number of rotatable bonds is 7. The fraction of sp³-hybridized carbons (Fsp3) is 0.348. The molecule has 1 heterocycles. The second-order valence-corrected chi connectivity index (χ2v) is 7.27. The molecule has 0 unspecified atom stereocenters. The van der Waals surface area contributed by atoms with Crippen LogP contribution in [0.1, 0.15) is 25.3 Å². The van der Waals surface area contributed by atoms with Gasteiger partial charge in [0.2, 0.25) is 11.8 Å². The molecule has 0 N–H and O–H groups in total. The fourth-order valence-corrected chi connectivity index (χ4v) is 3.58. The van der Waals surface area contributed by atoms with Gasteiger partial charge in [0.1, 0.15) is 18.1 Å². The second kappa shape index (κ2) is 9.37. The van der Waals surface area contributed by atoms with Crippen molar-refractivity contribution in [1.29, 1.82) is 0 Å². The Morgan fingerprint density at radius 3 is 2.52 bits per heavy atom. The highest BCUT2D eigenvalue weighted by Crippen LogP contribution is 2.26. The summed E-state index contributed by atoms with van der Waals surface area (Å²) < 4.78 is 5.28. The lowest BCUT2D eigenvalue weighted by molar-refractivity contribution is -0.140. The van der Waals surface area contributed by atoms with Gasteiger partial charge in [-0.15, -0.1) is 0 Å². The van der Waals surface area contributed by atoms with Crippen LogP contribution in [0.2, 0.25) is 0 Å². The molecule has 0 bridgehead atoms. The maximum atomic E-state index is 12.9. The van der Waals surface area contributed by atoms with Gasteiger partial charge in [0.15, 0.2) is 0 Å². The van der Waals surface area contributed by atoms with E-state index in [1.165, 1.54) is 6.92 Å². The van der Waals surface area contributed by atoms with Crippen molar-refractivity contribution in [3.05, 3.63) is 60.2 Å². The zero-order chi connectivity index (χ0) is 20.8. The first-order chi connectivity index (χ1) is 14.0. The van der Waals surface area contributed by atoms with Crippen LogP contribution in [0.4, 0.5) is 5.69 Å². The predicted octanol–water partition coefficient (Wildman–Crippen LogP) is 2.85. The lowest BCUT2D eigenvalue weighted by Gasteiger charge is -2.41. The summed E-state index contributed by atoms with van der Waals surface area (Å²) in [6, 6.07) is 17.1. The number of amides is 2. The number of ether oxygens (including phenoxy) is 1. The number of nitrogens with zero attached hydrogens (tertiary/aromatic N) is 2. The Labute approximate surface area is 171 Å². The van der Waals surface area contributed by atoms with E-state index >= 15 is 0 Å². The Kier molecular flexibility index (Phi) is 6.65. The Morgan fingerprint density at radius 1 is 1.07 bits per heavy atom. The van der Waals surface area contributed by atoms with E-state index in [1.54, 1.807) is 16.9 Å². The van der Waals surface area contributed by atoms with Crippen molar-refractivity contribution in [3.8, 4) is 5.75 Å². The molecule has 6 heteroatoms. The summed E-state index contributed by atoms with van der Waals surface area (Å²) in [6.45, 7) is 1.87. The third-order valence-electron chi connectivity index (χ3n) is 5.13. The molecule has 2 aromatic rings. The van der Waals surface area contributed by atoms with Gasteiger partial charge >= 0.3 is 0 Å². The third-order valence-corrected chi connectivity index (χ3v) is 5.13. The van der Waals surface area contributed by atoms with Crippen LogP contribution in [0.3, 0.4) is 0 Å². The van der Waals surface area contributed by atoms with Crippen molar-refractivity contribution in [1.82, 2.24) is 4.90 Å². The van der Waals surface area contributed by atoms with Gasteiger partial charge in [-0.2, -0.15) is 0 Å². The maximum Gasteiger partial charge on any atom is 0.246 e. The number of benzene rings is 2. The number of anilines is 1. The first-order valence-electron chi connectivity index (χ1n) is 9.75. The minimum Gasteiger partial charge on any atom is -0.497 e. The Bertz CT molecular complexity index is 881. The summed E-state index contributed by atoms with van der Waals surface area (Å²) in [5.41, 5.74) is 1.85. The first-order valence-corrected chi connectivity index (χ1v) is 9.75. The predicted molar refractivity (Wildman–Crippen MR) is 111 cm³/mol. The third kappa shape index (κ3) is 5.22. The van der Waals surface area contributed by atoms with Crippen molar-refractivity contribution >= 4 is 23.3 Å². The zero-order valence-electron chi connectivity index (χ0n) is 16.8. The van der Waals surface area contributed by atoms with Crippen molar-refractivity contribution in [3.63, 3.8) is 0 Å². The summed E-state index contributed by atoms with van der Waals surface area (Å²) in [5, 5.41) is 0. The van der Waals surface area contributed by atoms with Gasteiger partial charge in [0.05, 0.1) is 13.2 Å². The zero-order valence-corrected chi connectivity index (χ0v) is 16.8. The molecule has 2 amide bonds. The number of carbonyl (C=O) groups is 3. The molecule has 1 atom stereocenters. The summed E-state index contributed by atoms with van der Waals surface area (Å²) in [5.74, 6) is 0.354. The maximum absolute atomic E-state index is 12.9. The van der Waals surface area contributed by atoms with Crippen LogP contribution in [0.15, 0.2) is 54.6 Å². The Morgan fingerprint density at radius 2 is 1.83 bits per heavy atom. The summed E-state index contributed by atoms with van der Waals surface area (Å²) in [7, 11) is 1.59. The molecule has 0 aliphatic carbocycles. The molecule has 1 aliphatic rings. The molecule has 0 spiro atoms. The molecule has 152 valence electrons. The van der Waals surface area contributed by atoms with Crippen LogP contribution in [0.25, 0.3) is 0 Å². The van der Waals surface area contributed by atoms with Crippen LogP contribution < -0.4 is 9.64 Å². The average Bonchev–Trinajstić information content (AvgIpc) is 2.73. The van der Waals surface area contributed by atoms with Gasteiger partial charge in [-0.25, -0.2) is 0 Å². The molecule has 0 aromatic heterocycles. The number of hydrogen-bond acceptors (Lipinski definition) is 4. The largest absolute Gasteiger partial charge is 0.497 e. The molecular weight excluding hydrogens is 368 g/mol. The standard InChI is InChI=1S/C23H26N2O4/c1-17(26)11-12-22(27)25-16-23(28)24(19-9-6-10-21(14-19)29-2)15-20(25)13-18-7-4-3-5-8-18/h3-10,14,20H,11-13,15-16H2,1-2H3/t20-/m0/s1. The van der Waals surface area contributed by atoms with Gasteiger partial charge in [-0.05, 0) is 31.0 Å². The van der Waals surface area contributed by atoms with Gasteiger partial charge in [0.25, 0.3) is 0 Å². The van der Waals surface area contributed by atoms with Crippen LogP contribution in [0.5, 0.6) is 5.75 Å². The summed E-state index contributed by atoms with van der Waals surface area (Å²) in [4.78, 5) is 40.3. The SMILES string of the molecule is COc1cccc(N2C[C@H](Cc3ccccc3)N(C(=O)CCC(C)=O)CC2=O)c1. The van der Waals surface area contributed by atoms with Crippen LogP contribution in [-0.4, -0.2) is 48.7 Å². The van der Waals surface area contributed by atoms with E-state index in [4.69, 9.17) is 4.74 Å². The van der Waals surface area contributed by atoms with Crippen LogP contribution in [-0.2, 0) is 20.8 Å². The van der Waals surface area contributed by atoms with Crippen molar-refractivity contribution in [2.75, 3.05) is 25.1 Å². The average molecular weight is 394 g/mol. The topological polar surface area (TPSA) is 66.9 Å². The number of carbonyl (C=O) groups excluding carboxylic acids is 3. The quantitative estimate of drug-likeness (QED) is 0.724. The van der Waals surface area contributed by atoms with E-state index in [0.29, 0.717) is 18.7 Å². The molecular formula is C23H26N2O4. The first kappa shape index (κ1) is 20.6. The van der Waals surface area contributed by atoms with Crippen molar-refractivity contribution < 1.29 is 19.1 Å². The Balaban J connectivity index is 1.84. The number of piperazine rings is 1. The van der Waals surface area contributed by atoms with E-state index < -0.39 is 0 Å². The molecule has 6 nitrogen and oxygen atoms in total. The lowest BCUT2D eigenvalue weighted by atomic mass is 10.0. The molecule has 3 rings (SSSR count). The summed E-state index contributed by atoms with van der Waals surface area (Å²) in [6.07, 6.45) is 0.967. The van der Waals surface area contributed by atoms with E-state index in [2.05, 4.69) is 0 Å². The molecule has 1 aliphatic heterocycles. The van der Waals surface area contributed by atoms with E-state index in [9.17, 15) is 14.4 Å². The normalized spacial score (nSPS) is 16.6. The lowest BCUT2D eigenvalue weighted by Crippen LogP contribution is -2.59. The fourth-order valence-electron chi connectivity index (χ4n) is 3.58. The number of ketones is 1. The number of Topliss-reactive ketones (excluding diaryl/α,β-unsaturated/α-hetero) is 1. The highest BCUT2D eigenvalue weighted by molar-refractivity contribution is 5.98. The van der Waals surface area contributed by atoms with Crippen molar-refractivity contribution in [2.45, 2.75) is 32.2 Å². The minimum absolute atomic E-state index is 0.00540. The molecule has 1 fully saturated rings. The second-order valence-electron chi connectivity index (χ2n) is 7.27. The van der Waals surface area contributed by atoms with E-state index in [1.807, 2.05) is 54.6 Å². The molecule has 29 heavy (non-hydrogen) atoms. The summed E-state index contributed by atoms with van der Waals surface area (Å²) >= 11 is 0. The van der Waals surface area contributed by atoms with E-state index in [0.717, 1.165) is 11.3 Å². The van der Waals surface area contributed by atoms with Crippen molar-refractivity contribution in [2.24, 2.45) is 0 Å². The molecule has 1 saturated heterocycles. The van der Waals surface area contributed by atoms with Gasteiger partial charge in [-0.3, -0.25) is 9.59 Å². The van der Waals surface area contributed by atoms with Crippen LogP contribution >= 0.6 is 0 Å². The molecule has 0 saturated carbocycles. The van der Waals surface area contributed by atoms with Gasteiger partial charge in [0, 0.05) is 31.1 Å². The highest BCUT2D eigenvalue weighted by atomic mass is 16.5. The monoisotopic (exact) mass is 394 g/mol. The number of methoxy groups -OCH3 is 1. The van der Waals surface area contributed by atoms with Gasteiger partial charge < -0.3 is 19.3 Å². The molecule has 0 radical (unpaired) electrons.